The third-order valence-corrected chi connectivity index (χ3v) is 3.98. The summed E-state index contributed by atoms with van der Waals surface area (Å²) in [6.07, 6.45) is 1.64. The molecule has 3 heteroatoms. The first-order chi connectivity index (χ1) is 9.43. The van der Waals surface area contributed by atoms with Crippen molar-refractivity contribution < 1.29 is 14.3 Å². The summed E-state index contributed by atoms with van der Waals surface area (Å²) in [5.74, 6) is -0.157. The van der Waals surface area contributed by atoms with Crippen LogP contribution in [0.3, 0.4) is 0 Å². The Hall–Kier alpha value is -2.16. The normalized spacial score (nSPS) is 17.1. The van der Waals surface area contributed by atoms with E-state index in [4.69, 9.17) is 4.74 Å². The lowest BCUT2D eigenvalue weighted by Crippen LogP contribution is -2.27. The molecule has 102 valence electrons. The minimum Gasteiger partial charge on any atom is -0.464 e. The van der Waals surface area contributed by atoms with Gasteiger partial charge in [0.15, 0.2) is 0 Å². The van der Waals surface area contributed by atoms with Crippen LogP contribution < -0.4 is 0 Å². The maximum Gasteiger partial charge on any atom is 0.234 e. The van der Waals surface area contributed by atoms with E-state index in [9.17, 15) is 9.59 Å². The van der Waals surface area contributed by atoms with Crippen LogP contribution in [-0.2, 0) is 9.53 Å². The molecule has 0 unspecified atom stereocenters. The highest BCUT2D eigenvalue weighted by Gasteiger charge is 2.37. The van der Waals surface area contributed by atoms with Crippen molar-refractivity contribution in [2.75, 3.05) is 0 Å². The number of hydrogen-bond donors (Lipinski definition) is 0. The Morgan fingerprint density at radius 1 is 1.00 bits per heavy atom. The Morgan fingerprint density at radius 2 is 1.70 bits per heavy atom. The average molecular weight is 268 g/mol. The smallest absolute Gasteiger partial charge is 0.234 e. The third-order valence-electron chi connectivity index (χ3n) is 3.98. The zero-order chi connectivity index (χ0) is 14.6. The standard InChI is InChI=1S/C17H16O3/c1-8(2)11-5-6-12-9(3)7-20-17-10(4)15(18)16(19)13(11)14(12)17/h5-8H,1-4H3. The van der Waals surface area contributed by atoms with E-state index in [1.165, 1.54) is 0 Å². The van der Waals surface area contributed by atoms with Gasteiger partial charge in [-0.25, -0.2) is 0 Å². The largest absolute Gasteiger partial charge is 0.464 e. The number of hydrogen-bond acceptors (Lipinski definition) is 3. The maximum atomic E-state index is 12.4. The van der Waals surface area contributed by atoms with Gasteiger partial charge in [0.1, 0.15) is 5.76 Å². The molecule has 3 nitrogen and oxygen atoms in total. The lowest BCUT2D eigenvalue weighted by molar-refractivity contribution is -0.111. The van der Waals surface area contributed by atoms with Crippen LogP contribution in [-0.4, -0.2) is 11.6 Å². The fraction of sp³-hybridized carbons (Fsp3) is 0.294. The van der Waals surface area contributed by atoms with Gasteiger partial charge in [-0.3, -0.25) is 9.59 Å². The summed E-state index contributed by atoms with van der Waals surface area (Å²) in [7, 11) is 0. The first kappa shape index (κ1) is 12.9. The van der Waals surface area contributed by atoms with E-state index < -0.39 is 11.6 Å². The number of benzene rings is 1. The summed E-state index contributed by atoms with van der Waals surface area (Å²) in [5.41, 5.74) is 4.56. The van der Waals surface area contributed by atoms with Crippen LogP contribution in [0.15, 0.2) is 24.0 Å². The molecule has 2 aliphatic rings. The Morgan fingerprint density at radius 3 is 2.35 bits per heavy atom. The number of carbonyl (C=O) groups excluding carboxylic acids is 2. The molecular formula is C17H16O3. The molecule has 0 spiro atoms. The quantitative estimate of drug-likeness (QED) is 0.729. The van der Waals surface area contributed by atoms with Gasteiger partial charge in [-0.15, -0.1) is 0 Å². The minimum atomic E-state index is -0.459. The lowest BCUT2D eigenvalue weighted by atomic mass is 9.79. The van der Waals surface area contributed by atoms with Gasteiger partial charge in [0.25, 0.3) is 0 Å². The van der Waals surface area contributed by atoms with Crippen LogP contribution in [0.1, 0.15) is 60.7 Å². The predicted octanol–water partition coefficient (Wildman–Crippen LogP) is 3.70. The minimum absolute atomic E-state index is 0.179. The van der Waals surface area contributed by atoms with Crippen LogP contribution in [0.2, 0.25) is 0 Å². The number of allylic oxidation sites excluding steroid dienone is 2. The average Bonchev–Trinajstić information content (AvgIpc) is 2.43. The maximum absolute atomic E-state index is 12.4. The molecule has 1 aliphatic heterocycles. The molecule has 1 aromatic carbocycles. The van der Waals surface area contributed by atoms with E-state index in [2.05, 4.69) is 0 Å². The highest BCUT2D eigenvalue weighted by atomic mass is 16.5. The molecule has 0 saturated heterocycles. The van der Waals surface area contributed by atoms with Crippen LogP contribution in [0.5, 0.6) is 0 Å². The van der Waals surface area contributed by atoms with Gasteiger partial charge in [-0.1, -0.05) is 26.0 Å². The van der Waals surface area contributed by atoms with E-state index in [1.807, 2.05) is 32.9 Å². The molecular weight excluding hydrogens is 252 g/mol. The molecule has 0 atom stereocenters. The first-order valence-corrected chi connectivity index (χ1v) is 6.74. The van der Waals surface area contributed by atoms with Crippen LogP contribution in [0.4, 0.5) is 0 Å². The second-order valence-corrected chi connectivity index (χ2v) is 5.64. The molecule has 3 rings (SSSR count). The third kappa shape index (κ3) is 1.52. The molecule has 0 aromatic heterocycles. The summed E-state index contributed by atoms with van der Waals surface area (Å²) in [5, 5.41) is 0. The van der Waals surface area contributed by atoms with Gasteiger partial charge in [0.05, 0.1) is 6.26 Å². The van der Waals surface area contributed by atoms with E-state index in [-0.39, 0.29) is 5.92 Å². The zero-order valence-electron chi connectivity index (χ0n) is 12.0. The molecule has 1 heterocycles. The fourth-order valence-corrected chi connectivity index (χ4v) is 2.84. The summed E-state index contributed by atoms with van der Waals surface area (Å²) < 4.78 is 5.61. The molecule has 20 heavy (non-hydrogen) atoms. The molecule has 0 radical (unpaired) electrons. The number of carbonyl (C=O) groups is 2. The molecule has 1 aromatic rings. The monoisotopic (exact) mass is 268 g/mol. The second kappa shape index (κ2) is 4.17. The van der Waals surface area contributed by atoms with Crippen molar-refractivity contribution in [2.24, 2.45) is 0 Å². The zero-order valence-corrected chi connectivity index (χ0v) is 12.0. The number of ketones is 2. The van der Waals surface area contributed by atoms with Crippen molar-refractivity contribution in [3.63, 3.8) is 0 Å². The van der Waals surface area contributed by atoms with Gasteiger partial charge in [0, 0.05) is 16.7 Å². The van der Waals surface area contributed by atoms with E-state index in [0.717, 1.165) is 22.3 Å². The van der Waals surface area contributed by atoms with Crippen molar-refractivity contribution in [2.45, 2.75) is 33.6 Å². The molecule has 0 N–H and O–H groups in total. The fourth-order valence-electron chi connectivity index (χ4n) is 2.84. The predicted molar refractivity (Wildman–Crippen MR) is 77.2 cm³/mol. The van der Waals surface area contributed by atoms with Gasteiger partial charge < -0.3 is 4.74 Å². The van der Waals surface area contributed by atoms with E-state index >= 15 is 0 Å². The molecule has 0 amide bonds. The van der Waals surface area contributed by atoms with E-state index in [0.29, 0.717) is 16.9 Å². The molecule has 0 fully saturated rings. The summed E-state index contributed by atoms with van der Waals surface area (Å²) in [6, 6.07) is 3.96. The Balaban J connectivity index is 2.46. The van der Waals surface area contributed by atoms with Crippen LogP contribution >= 0.6 is 0 Å². The van der Waals surface area contributed by atoms with Gasteiger partial charge in [-0.2, -0.15) is 0 Å². The lowest BCUT2D eigenvalue weighted by Gasteiger charge is -2.28. The molecule has 0 saturated carbocycles. The Labute approximate surface area is 117 Å². The van der Waals surface area contributed by atoms with Crippen molar-refractivity contribution in [3.8, 4) is 0 Å². The Bertz CT molecular complexity index is 718. The SMILES string of the molecule is CC1=COC2=C(C)C(=O)C(=O)c3c(C(C)C)ccc1c32. The number of Topliss-reactive ketones (excluding diaryl/α,β-unsaturated/α-hetero) is 2. The van der Waals surface area contributed by atoms with Crippen molar-refractivity contribution in [1.29, 1.82) is 0 Å². The summed E-state index contributed by atoms with van der Waals surface area (Å²) in [6.45, 7) is 7.64. The van der Waals surface area contributed by atoms with Crippen molar-refractivity contribution in [1.82, 2.24) is 0 Å². The van der Waals surface area contributed by atoms with Gasteiger partial charge in [0.2, 0.25) is 11.6 Å². The van der Waals surface area contributed by atoms with Crippen molar-refractivity contribution >= 4 is 22.9 Å². The summed E-state index contributed by atoms with van der Waals surface area (Å²) in [4.78, 5) is 24.6. The summed E-state index contributed by atoms with van der Waals surface area (Å²) >= 11 is 0. The first-order valence-electron chi connectivity index (χ1n) is 6.74. The molecule has 1 aliphatic carbocycles. The van der Waals surface area contributed by atoms with Gasteiger partial charge in [-0.05, 0) is 36.5 Å². The highest BCUT2D eigenvalue weighted by Crippen LogP contribution is 2.42. The van der Waals surface area contributed by atoms with Gasteiger partial charge >= 0.3 is 0 Å². The van der Waals surface area contributed by atoms with E-state index in [1.54, 1.807) is 13.2 Å². The Kier molecular flexibility index (Phi) is 2.68. The molecule has 0 bridgehead atoms. The number of ether oxygens (including phenoxy) is 1. The van der Waals surface area contributed by atoms with Crippen LogP contribution in [0.25, 0.3) is 11.3 Å². The topological polar surface area (TPSA) is 43.4 Å². The van der Waals surface area contributed by atoms with Crippen molar-refractivity contribution in [3.05, 3.63) is 46.2 Å². The van der Waals surface area contributed by atoms with Crippen LogP contribution in [0, 0.1) is 0 Å². The second-order valence-electron chi connectivity index (χ2n) is 5.64. The number of rotatable bonds is 1. The highest BCUT2D eigenvalue weighted by molar-refractivity contribution is 6.52.